The Morgan fingerprint density at radius 3 is 2.78 bits per heavy atom. The van der Waals surface area contributed by atoms with E-state index in [-0.39, 0.29) is 18.4 Å². The molecular formula is C18H25ClN4O4. The number of halogens is 1. The summed E-state index contributed by atoms with van der Waals surface area (Å²) >= 11 is 6.21. The summed E-state index contributed by atoms with van der Waals surface area (Å²) in [7, 11) is 3.04. The first-order chi connectivity index (χ1) is 13.0. The SMILES string of the molecule is CCN[C@H](C)CNC(=O)CCc1nc(-c2cc(Cl)c(OC)c(OC)c2)no1. The van der Waals surface area contributed by atoms with Gasteiger partial charge in [0.2, 0.25) is 17.6 Å². The van der Waals surface area contributed by atoms with Gasteiger partial charge in [0.05, 0.1) is 19.2 Å². The van der Waals surface area contributed by atoms with Crippen LogP contribution >= 0.6 is 11.6 Å². The van der Waals surface area contributed by atoms with E-state index in [0.717, 1.165) is 6.54 Å². The maximum Gasteiger partial charge on any atom is 0.227 e. The van der Waals surface area contributed by atoms with E-state index in [4.69, 9.17) is 25.6 Å². The molecule has 8 nitrogen and oxygen atoms in total. The second-order valence-corrected chi connectivity index (χ2v) is 6.38. The molecule has 9 heteroatoms. The maximum absolute atomic E-state index is 11.9. The number of aromatic nitrogens is 2. The Bertz CT molecular complexity index is 766. The number of nitrogens with one attached hydrogen (secondary N) is 2. The molecule has 1 atom stereocenters. The van der Waals surface area contributed by atoms with E-state index in [1.54, 1.807) is 12.1 Å². The molecule has 1 amide bonds. The van der Waals surface area contributed by atoms with Gasteiger partial charge in [0.15, 0.2) is 11.5 Å². The Hall–Kier alpha value is -2.32. The lowest BCUT2D eigenvalue weighted by molar-refractivity contribution is -0.121. The van der Waals surface area contributed by atoms with Crippen molar-refractivity contribution in [1.29, 1.82) is 0 Å². The van der Waals surface area contributed by atoms with Crippen molar-refractivity contribution in [3.8, 4) is 22.9 Å². The summed E-state index contributed by atoms with van der Waals surface area (Å²) in [5.74, 6) is 1.60. The Morgan fingerprint density at radius 2 is 2.11 bits per heavy atom. The highest BCUT2D eigenvalue weighted by molar-refractivity contribution is 6.32. The van der Waals surface area contributed by atoms with Crippen molar-refractivity contribution in [2.24, 2.45) is 0 Å². The van der Waals surface area contributed by atoms with Crippen molar-refractivity contribution < 1.29 is 18.8 Å². The average molecular weight is 397 g/mol. The molecule has 0 saturated heterocycles. The van der Waals surface area contributed by atoms with Crippen LogP contribution in [0.15, 0.2) is 16.7 Å². The van der Waals surface area contributed by atoms with Crippen LogP contribution in [0, 0.1) is 0 Å². The first-order valence-electron chi connectivity index (χ1n) is 8.73. The smallest absolute Gasteiger partial charge is 0.227 e. The number of hydrogen-bond acceptors (Lipinski definition) is 7. The van der Waals surface area contributed by atoms with E-state index in [1.165, 1.54) is 14.2 Å². The molecule has 1 heterocycles. The lowest BCUT2D eigenvalue weighted by atomic mass is 10.2. The van der Waals surface area contributed by atoms with Crippen LogP contribution in [-0.4, -0.2) is 49.4 Å². The van der Waals surface area contributed by atoms with Gasteiger partial charge >= 0.3 is 0 Å². The van der Waals surface area contributed by atoms with E-state index in [1.807, 2.05) is 13.8 Å². The lowest BCUT2D eigenvalue weighted by Gasteiger charge is -2.12. The normalized spacial score (nSPS) is 11.9. The highest BCUT2D eigenvalue weighted by atomic mass is 35.5. The van der Waals surface area contributed by atoms with E-state index in [0.29, 0.717) is 46.8 Å². The molecule has 2 N–H and O–H groups in total. The number of hydrogen-bond donors (Lipinski definition) is 2. The Balaban J connectivity index is 1.97. The van der Waals surface area contributed by atoms with Crippen molar-refractivity contribution in [1.82, 2.24) is 20.8 Å². The molecule has 0 unspecified atom stereocenters. The van der Waals surface area contributed by atoms with Crippen LogP contribution < -0.4 is 20.1 Å². The number of methoxy groups -OCH3 is 2. The number of aryl methyl sites for hydroxylation is 1. The van der Waals surface area contributed by atoms with Crippen LogP contribution in [0.2, 0.25) is 5.02 Å². The van der Waals surface area contributed by atoms with Crippen molar-refractivity contribution in [3.05, 3.63) is 23.0 Å². The van der Waals surface area contributed by atoms with Crippen LogP contribution in [0.5, 0.6) is 11.5 Å². The third-order valence-electron chi connectivity index (χ3n) is 3.88. The number of carbonyl (C=O) groups is 1. The van der Waals surface area contributed by atoms with E-state index in [2.05, 4.69) is 20.8 Å². The second kappa shape index (κ2) is 10.1. The molecule has 0 radical (unpaired) electrons. The number of nitrogens with zero attached hydrogens (tertiary/aromatic N) is 2. The van der Waals surface area contributed by atoms with Crippen molar-refractivity contribution in [2.45, 2.75) is 32.7 Å². The number of ether oxygens (including phenoxy) is 2. The summed E-state index contributed by atoms with van der Waals surface area (Å²) in [6.45, 7) is 5.48. The first kappa shape index (κ1) is 21.0. The highest BCUT2D eigenvalue weighted by Gasteiger charge is 2.16. The maximum atomic E-state index is 11.9. The van der Waals surface area contributed by atoms with E-state index < -0.39 is 0 Å². The van der Waals surface area contributed by atoms with Gasteiger partial charge < -0.3 is 24.6 Å². The van der Waals surface area contributed by atoms with E-state index in [9.17, 15) is 4.79 Å². The van der Waals surface area contributed by atoms with Crippen LogP contribution in [0.4, 0.5) is 0 Å². The molecule has 0 aliphatic rings. The molecule has 148 valence electrons. The van der Waals surface area contributed by atoms with Gasteiger partial charge in [-0.3, -0.25) is 4.79 Å². The van der Waals surface area contributed by atoms with Gasteiger partial charge in [-0.25, -0.2) is 0 Å². The van der Waals surface area contributed by atoms with Crippen LogP contribution in [0.1, 0.15) is 26.2 Å². The van der Waals surface area contributed by atoms with Crippen molar-refractivity contribution in [2.75, 3.05) is 27.3 Å². The molecule has 1 aromatic carbocycles. The average Bonchev–Trinajstić information content (AvgIpc) is 3.13. The zero-order valence-electron chi connectivity index (χ0n) is 16.0. The van der Waals surface area contributed by atoms with E-state index >= 15 is 0 Å². The fraction of sp³-hybridized carbons (Fsp3) is 0.500. The van der Waals surface area contributed by atoms with Crippen LogP contribution in [0.25, 0.3) is 11.4 Å². The highest BCUT2D eigenvalue weighted by Crippen LogP contribution is 2.38. The zero-order chi connectivity index (χ0) is 19.8. The second-order valence-electron chi connectivity index (χ2n) is 5.97. The summed E-state index contributed by atoms with van der Waals surface area (Å²) in [6.07, 6.45) is 0.628. The van der Waals surface area contributed by atoms with Gasteiger partial charge in [-0.2, -0.15) is 4.98 Å². The zero-order valence-corrected chi connectivity index (χ0v) is 16.7. The van der Waals surface area contributed by atoms with Crippen LogP contribution in [0.3, 0.4) is 0 Å². The Morgan fingerprint density at radius 1 is 1.33 bits per heavy atom. The summed E-state index contributed by atoms with van der Waals surface area (Å²) < 4.78 is 15.7. The molecular weight excluding hydrogens is 372 g/mol. The minimum Gasteiger partial charge on any atom is -0.493 e. The fourth-order valence-electron chi connectivity index (χ4n) is 2.52. The molecule has 2 rings (SSSR count). The predicted octanol–water partition coefficient (Wildman–Crippen LogP) is 2.45. The largest absolute Gasteiger partial charge is 0.493 e. The van der Waals surface area contributed by atoms with Gasteiger partial charge in [-0.15, -0.1) is 0 Å². The molecule has 0 bridgehead atoms. The summed E-state index contributed by atoms with van der Waals surface area (Å²) in [5.41, 5.74) is 0.636. The topological polar surface area (TPSA) is 98.5 Å². The molecule has 1 aromatic heterocycles. The monoisotopic (exact) mass is 396 g/mol. The third kappa shape index (κ3) is 5.83. The minimum atomic E-state index is -0.0614. The van der Waals surface area contributed by atoms with Crippen molar-refractivity contribution >= 4 is 17.5 Å². The number of likely N-dealkylation sites (N-methyl/N-ethyl adjacent to an activating group) is 1. The molecule has 0 fully saturated rings. The molecule has 0 spiro atoms. The van der Waals surface area contributed by atoms with Gasteiger partial charge in [0.1, 0.15) is 0 Å². The standard InChI is InChI=1S/C18H25ClN4O4/c1-5-20-11(2)10-21-15(24)6-7-16-22-18(23-27-16)12-8-13(19)17(26-4)14(9-12)25-3/h8-9,11,20H,5-7,10H2,1-4H3,(H,21,24)/t11-/m1/s1. The van der Waals surface area contributed by atoms with Crippen LogP contribution in [-0.2, 0) is 11.2 Å². The lowest BCUT2D eigenvalue weighted by Crippen LogP contribution is -2.38. The number of carbonyl (C=O) groups excluding carboxylic acids is 1. The molecule has 2 aromatic rings. The Labute approximate surface area is 163 Å². The third-order valence-corrected chi connectivity index (χ3v) is 4.16. The fourth-order valence-corrected chi connectivity index (χ4v) is 2.80. The van der Waals surface area contributed by atoms with Gasteiger partial charge in [-0.05, 0) is 25.6 Å². The van der Waals surface area contributed by atoms with Gasteiger partial charge in [0.25, 0.3) is 0 Å². The van der Waals surface area contributed by atoms with Gasteiger partial charge in [-0.1, -0.05) is 23.7 Å². The van der Waals surface area contributed by atoms with Gasteiger partial charge in [0, 0.05) is 31.0 Å². The first-order valence-corrected chi connectivity index (χ1v) is 9.10. The number of amides is 1. The Kier molecular flexibility index (Phi) is 7.87. The minimum absolute atomic E-state index is 0.0614. The molecule has 0 aliphatic carbocycles. The van der Waals surface area contributed by atoms with Crippen molar-refractivity contribution in [3.63, 3.8) is 0 Å². The molecule has 27 heavy (non-hydrogen) atoms. The molecule has 0 aliphatic heterocycles. The number of benzene rings is 1. The summed E-state index contributed by atoms with van der Waals surface area (Å²) in [6, 6.07) is 3.62. The predicted molar refractivity (Wildman–Crippen MR) is 102 cm³/mol. The molecule has 0 saturated carbocycles. The quantitative estimate of drug-likeness (QED) is 0.636. The number of rotatable bonds is 10. The summed E-state index contributed by atoms with van der Waals surface area (Å²) in [4.78, 5) is 16.2. The summed E-state index contributed by atoms with van der Waals surface area (Å²) in [5, 5.41) is 10.4.